The van der Waals surface area contributed by atoms with Crippen LogP contribution in [-0.2, 0) is 0 Å². The molecule has 0 saturated carbocycles. The lowest BCUT2D eigenvalue weighted by Gasteiger charge is -2.12. The predicted molar refractivity (Wildman–Crippen MR) is 140 cm³/mol. The topological polar surface area (TPSA) is 109 Å². The van der Waals surface area contributed by atoms with Crippen molar-refractivity contribution in [2.24, 2.45) is 0 Å². The van der Waals surface area contributed by atoms with Gasteiger partial charge in [-0.15, -0.1) is 0 Å². The Balaban J connectivity index is 1.24. The highest BCUT2D eigenvalue weighted by molar-refractivity contribution is 7.80. The molecule has 0 spiro atoms. The van der Waals surface area contributed by atoms with Crippen molar-refractivity contribution in [1.82, 2.24) is 30.6 Å². The zero-order chi connectivity index (χ0) is 24.9. The van der Waals surface area contributed by atoms with E-state index in [1.807, 2.05) is 30.3 Å². The summed E-state index contributed by atoms with van der Waals surface area (Å²) >= 11 is 5.19. The van der Waals surface area contributed by atoms with Crippen LogP contribution in [-0.4, -0.2) is 30.8 Å². The molecular formula is C25H19FN8OS. The first-order chi connectivity index (χ1) is 17.6. The maximum atomic E-state index is 13.7. The average molecular weight is 499 g/mol. The van der Waals surface area contributed by atoms with Crippen molar-refractivity contribution < 1.29 is 9.18 Å². The molecule has 2 heterocycles. The van der Waals surface area contributed by atoms with E-state index in [-0.39, 0.29) is 16.8 Å². The van der Waals surface area contributed by atoms with Gasteiger partial charge in [-0.2, -0.15) is 5.10 Å². The van der Waals surface area contributed by atoms with Crippen LogP contribution in [0, 0.1) is 5.82 Å². The van der Waals surface area contributed by atoms with Crippen LogP contribution in [0.4, 0.5) is 21.6 Å². The van der Waals surface area contributed by atoms with Crippen molar-refractivity contribution >= 4 is 51.5 Å². The highest BCUT2D eigenvalue weighted by Gasteiger charge is 2.12. The molecule has 0 unspecified atom stereocenters. The zero-order valence-corrected chi connectivity index (χ0v) is 19.5. The molecule has 0 bridgehead atoms. The summed E-state index contributed by atoms with van der Waals surface area (Å²) in [4.78, 5) is 21.1. The van der Waals surface area contributed by atoms with Gasteiger partial charge in [0, 0.05) is 16.9 Å². The largest absolute Gasteiger partial charge is 0.340 e. The highest BCUT2D eigenvalue weighted by atomic mass is 32.1. The van der Waals surface area contributed by atoms with E-state index < -0.39 is 0 Å². The Bertz CT molecular complexity index is 1540. The lowest BCUT2D eigenvalue weighted by molar-refractivity contribution is 0.0944. The molecule has 0 fully saturated rings. The number of aromatic nitrogens is 4. The lowest BCUT2D eigenvalue weighted by atomic mass is 10.2. The first kappa shape index (κ1) is 22.9. The number of hydrogen-bond donors (Lipinski definition) is 4. The number of hydrogen-bond acceptors (Lipinski definition) is 6. The number of carbonyl (C=O) groups is 1. The minimum absolute atomic E-state index is 0.263. The molecule has 0 saturated heterocycles. The van der Waals surface area contributed by atoms with Gasteiger partial charge in [-0.1, -0.05) is 24.3 Å². The molecule has 178 valence electrons. The predicted octanol–water partition coefficient (Wildman–Crippen LogP) is 4.33. The molecule has 1 amide bonds. The summed E-state index contributed by atoms with van der Waals surface area (Å²) in [7, 11) is 0. The summed E-state index contributed by atoms with van der Waals surface area (Å²) in [5.41, 5.74) is 8.27. The van der Waals surface area contributed by atoms with E-state index in [0.717, 1.165) is 5.69 Å². The van der Waals surface area contributed by atoms with Crippen LogP contribution in [0.5, 0.6) is 0 Å². The van der Waals surface area contributed by atoms with Gasteiger partial charge < -0.3 is 10.6 Å². The van der Waals surface area contributed by atoms with Gasteiger partial charge in [-0.05, 0) is 66.8 Å². The SMILES string of the molecule is O=C(NNC(=S)Nc1ccccc1)c1ccc(Nc2ncnc3c2cnn3-c2cccc(F)c2)cc1. The number of nitrogens with one attached hydrogen (secondary N) is 4. The highest BCUT2D eigenvalue weighted by Crippen LogP contribution is 2.25. The number of hydrazine groups is 1. The summed E-state index contributed by atoms with van der Waals surface area (Å²) in [5, 5.41) is 11.4. The van der Waals surface area contributed by atoms with Crippen LogP contribution in [0.15, 0.2) is 91.4 Å². The number of amides is 1. The van der Waals surface area contributed by atoms with E-state index >= 15 is 0 Å². The summed E-state index contributed by atoms with van der Waals surface area (Å²) in [6.07, 6.45) is 3.02. The fourth-order valence-corrected chi connectivity index (χ4v) is 3.62. The minimum Gasteiger partial charge on any atom is -0.340 e. The number of anilines is 3. The molecule has 0 radical (unpaired) electrons. The van der Waals surface area contributed by atoms with E-state index in [4.69, 9.17) is 12.2 Å². The van der Waals surface area contributed by atoms with Crippen LogP contribution in [0.25, 0.3) is 16.7 Å². The molecular weight excluding hydrogens is 479 g/mol. The number of nitrogens with zero attached hydrogens (tertiary/aromatic N) is 4. The Morgan fingerprint density at radius 3 is 2.47 bits per heavy atom. The molecule has 3 aromatic carbocycles. The summed E-state index contributed by atoms with van der Waals surface area (Å²) in [6.45, 7) is 0. The Hall–Kier alpha value is -4.90. The molecule has 0 aliphatic rings. The quantitative estimate of drug-likeness (QED) is 0.210. The second-order valence-corrected chi connectivity index (χ2v) is 8.01. The van der Waals surface area contributed by atoms with Gasteiger partial charge >= 0.3 is 0 Å². The van der Waals surface area contributed by atoms with E-state index in [2.05, 4.69) is 36.6 Å². The molecule has 36 heavy (non-hydrogen) atoms. The smallest absolute Gasteiger partial charge is 0.269 e. The molecule has 2 aromatic heterocycles. The second-order valence-electron chi connectivity index (χ2n) is 7.60. The number of para-hydroxylation sites is 1. The number of halogens is 1. The monoisotopic (exact) mass is 498 g/mol. The van der Waals surface area contributed by atoms with Crippen molar-refractivity contribution in [2.75, 3.05) is 10.6 Å². The Morgan fingerprint density at radius 1 is 0.889 bits per heavy atom. The van der Waals surface area contributed by atoms with Crippen molar-refractivity contribution in [3.63, 3.8) is 0 Å². The van der Waals surface area contributed by atoms with E-state index in [1.54, 1.807) is 47.3 Å². The Kier molecular flexibility index (Phi) is 6.45. The summed E-state index contributed by atoms with van der Waals surface area (Å²) < 4.78 is 15.2. The first-order valence-corrected chi connectivity index (χ1v) is 11.2. The van der Waals surface area contributed by atoms with Gasteiger partial charge in [0.1, 0.15) is 18.0 Å². The van der Waals surface area contributed by atoms with Crippen molar-refractivity contribution in [3.05, 3.63) is 103 Å². The van der Waals surface area contributed by atoms with Crippen LogP contribution < -0.4 is 21.5 Å². The zero-order valence-electron chi connectivity index (χ0n) is 18.6. The Morgan fingerprint density at radius 2 is 1.69 bits per heavy atom. The third-order valence-electron chi connectivity index (χ3n) is 5.15. The van der Waals surface area contributed by atoms with Crippen LogP contribution in [0.2, 0.25) is 0 Å². The maximum absolute atomic E-state index is 13.7. The van der Waals surface area contributed by atoms with Crippen LogP contribution in [0.1, 0.15) is 10.4 Å². The molecule has 4 N–H and O–H groups in total. The molecule has 5 aromatic rings. The molecule has 0 aliphatic heterocycles. The minimum atomic E-state index is -0.364. The van der Waals surface area contributed by atoms with Gasteiger partial charge in [0.25, 0.3) is 5.91 Å². The van der Waals surface area contributed by atoms with Crippen molar-refractivity contribution in [3.8, 4) is 5.69 Å². The third-order valence-corrected chi connectivity index (χ3v) is 5.35. The number of benzene rings is 3. The Labute approximate surface area is 210 Å². The van der Waals surface area contributed by atoms with E-state index in [9.17, 15) is 9.18 Å². The molecule has 0 atom stereocenters. The fourth-order valence-electron chi connectivity index (χ4n) is 3.45. The molecule has 9 nitrogen and oxygen atoms in total. The van der Waals surface area contributed by atoms with Gasteiger partial charge in [0.05, 0.1) is 17.3 Å². The molecule has 0 aliphatic carbocycles. The number of thiocarbonyl (C=S) groups is 1. The molecule has 11 heteroatoms. The van der Waals surface area contributed by atoms with E-state index in [1.165, 1.54) is 18.5 Å². The number of fused-ring (bicyclic) bond motifs is 1. The standard InChI is InChI=1S/C25H19FN8OS/c26-17-5-4-8-20(13-17)34-23-21(14-29-34)22(27-15-28-23)30-19-11-9-16(10-12-19)24(35)32-33-25(36)31-18-6-2-1-3-7-18/h1-15H,(H,32,35)(H,27,28,30)(H2,31,33,36). The first-order valence-electron chi connectivity index (χ1n) is 10.8. The number of carbonyl (C=O) groups excluding carboxylic acids is 1. The van der Waals surface area contributed by atoms with E-state index in [0.29, 0.717) is 33.8 Å². The van der Waals surface area contributed by atoms with Gasteiger partial charge in [-0.3, -0.25) is 15.6 Å². The van der Waals surface area contributed by atoms with Crippen LogP contribution >= 0.6 is 12.2 Å². The summed E-state index contributed by atoms with van der Waals surface area (Å²) in [5.74, 6) is -0.185. The van der Waals surface area contributed by atoms with Crippen molar-refractivity contribution in [1.29, 1.82) is 0 Å². The normalized spacial score (nSPS) is 10.6. The van der Waals surface area contributed by atoms with Gasteiger partial charge in [-0.25, -0.2) is 19.0 Å². The molecule has 5 rings (SSSR count). The fraction of sp³-hybridized carbons (Fsp3) is 0. The maximum Gasteiger partial charge on any atom is 0.269 e. The van der Waals surface area contributed by atoms with Crippen LogP contribution in [0.3, 0.4) is 0 Å². The van der Waals surface area contributed by atoms with Gasteiger partial charge in [0.15, 0.2) is 10.8 Å². The third kappa shape index (κ3) is 5.10. The second kappa shape index (κ2) is 10.2. The lowest BCUT2D eigenvalue weighted by Crippen LogP contribution is -2.43. The summed E-state index contributed by atoms with van der Waals surface area (Å²) in [6, 6.07) is 22.3. The number of rotatable bonds is 5. The van der Waals surface area contributed by atoms with Gasteiger partial charge in [0.2, 0.25) is 0 Å². The average Bonchev–Trinajstić information content (AvgIpc) is 3.34. The van der Waals surface area contributed by atoms with Crippen molar-refractivity contribution in [2.45, 2.75) is 0 Å².